The summed E-state index contributed by atoms with van der Waals surface area (Å²) in [6.07, 6.45) is 6.00. The van der Waals surface area contributed by atoms with Crippen molar-refractivity contribution in [3.05, 3.63) is 123 Å². The highest BCUT2D eigenvalue weighted by molar-refractivity contribution is 5.83. The van der Waals surface area contributed by atoms with Crippen LogP contribution < -0.4 is 5.63 Å². The molecule has 0 bridgehead atoms. The number of hydrogen-bond acceptors (Lipinski definition) is 6. The summed E-state index contributed by atoms with van der Waals surface area (Å²) in [6.45, 7) is 5.92. The van der Waals surface area contributed by atoms with Crippen molar-refractivity contribution >= 4 is 17.0 Å². The van der Waals surface area contributed by atoms with E-state index in [0.717, 1.165) is 34.4 Å². The molecule has 0 atom stereocenters. The average molecular weight is 450 g/mol. The fourth-order valence-corrected chi connectivity index (χ4v) is 3.28. The van der Waals surface area contributed by atoms with E-state index >= 15 is 0 Å². The Labute approximate surface area is 198 Å². The van der Waals surface area contributed by atoms with Gasteiger partial charge in [-0.1, -0.05) is 36.9 Å². The Morgan fingerprint density at radius 2 is 1.76 bits per heavy atom. The van der Waals surface area contributed by atoms with Crippen molar-refractivity contribution in [2.24, 2.45) is 0 Å². The van der Waals surface area contributed by atoms with Crippen molar-refractivity contribution in [3.63, 3.8) is 0 Å². The third kappa shape index (κ3) is 5.91. The molecule has 0 unspecified atom stereocenters. The molecule has 6 heteroatoms. The van der Waals surface area contributed by atoms with Crippen molar-refractivity contribution in [2.75, 3.05) is 14.1 Å². The van der Waals surface area contributed by atoms with E-state index in [4.69, 9.17) is 19.7 Å². The van der Waals surface area contributed by atoms with Crippen LogP contribution in [0.4, 0.5) is 0 Å². The van der Waals surface area contributed by atoms with Gasteiger partial charge in [-0.3, -0.25) is 0 Å². The molecule has 1 aliphatic heterocycles. The molecule has 2 aromatic carbocycles. The Hall–Kier alpha value is -4.81. The molecule has 1 aliphatic rings. The van der Waals surface area contributed by atoms with Gasteiger partial charge in [0.05, 0.1) is 22.9 Å². The molecule has 2 heterocycles. The van der Waals surface area contributed by atoms with Crippen LogP contribution in [-0.2, 0) is 4.74 Å². The molecule has 34 heavy (non-hydrogen) atoms. The fraction of sp³-hybridized carbons (Fsp3) is 0.107. The quantitative estimate of drug-likeness (QED) is 0.491. The molecule has 0 saturated carbocycles. The van der Waals surface area contributed by atoms with Crippen molar-refractivity contribution in [2.45, 2.75) is 6.92 Å². The highest BCUT2D eigenvalue weighted by atomic mass is 16.5. The molecular formula is C28H23N3O3. The van der Waals surface area contributed by atoms with E-state index in [1.54, 1.807) is 0 Å². The monoisotopic (exact) mass is 449 g/mol. The summed E-state index contributed by atoms with van der Waals surface area (Å²) in [6, 6.07) is 19.7. The van der Waals surface area contributed by atoms with Crippen LogP contribution in [0.5, 0.6) is 0 Å². The first-order chi connectivity index (χ1) is 16.3. The zero-order valence-electron chi connectivity index (χ0n) is 19.2. The summed E-state index contributed by atoms with van der Waals surface area (Å²) in [5.74, 6) is 1.70. The lowest BCUT2D eigenvalue weighted by Crippen LogP contribution is -2.15. The summed E-state index contributed by atoms with van der Waals surface area (Å²) in [5, 5.41) is 18.0. The second-order valence-corrected chi connectivity index (χ2v) is 7.69. The van der Waals surface area contributed by atoms with Gasteiger partial charge in [0.15, 0.2) is 5.76 Å². The molecule has 0 saturated heterocycles. The minimum absolute atomic E-state index is 0.221. The van der Waals surface area contributed by atoms with Crippen molar-refractivity contribution in [3.8, 4) is 12.1 Å². The third-order valence-corrected chi connectivity index (χ3v) is 4.81. The van der Waals surface area contributed by atoms with E-state index in [9.17, 15) is 4.79 Å². The number of fused-ring (bicyclic) bond motifs is 1. The van der Waals surface area contributed by atoms with Crippen LogP contribution in [0.1, 0.15) is 23.6 Å². The first-order valence-corrected chi connectivity index (χ1v) is 10.4. The van der Waals surface area contributed by atoms with Gasteiger partial charge in [0, 0.05) is 25.5 Å². The van der Waals surface area contributed by atoms with E-state index in [1.165, 1.54) is 18.2 Å². The number of allylic oxidation sites excluding steroid dienone is 4. The second-order valence-electron chi connectivity index (χ2n) is 7.69. The molecule has 6 nitrogen and oxygen atoms in total. The van der Waals surface area contributed by atoms with E-state index in [2.05, 4.69) is 24.8 Å². The first-order valence-electron chi connectivity index (χ1n) is 10.4. The van der Waals surface area contributed by atoms with E-state index in [1.807, 2.05) is 68.4 Å². The first kappa shape index (κ1) is 23.8. The van der Waals surface area contributed by atoms with Gasteiger partial charge in [0.25, 0.3) is 0 Å². The highest BCUT2D eigenvalue weighted by Crippen LogP contribution is 2.26. The van der Waals surface area contributed by atoms with Gasteiger partial charge in [0.2, 0.25) is 0 Å². The summed E-state index contributed by atoms with van der Waals surface area (Å²) >= 11 is 0. The molecule has 0 aliphatic carbocycles. The molecule has 3 aromatic rings. The molecule has 0 radical (unpaired) electrons. The standard InChI is InChI=1S/C17H19NO.C11H4N2O2/c1-13-10-14(2)19-17(11-13)16(18(3)4)12-15-8-6-5-7-9-15;12-5-7-1-2-10-9(3-7)8(6-13)4-11(14)15-10/h5-12H,1H2,2-4H3;1-4H. The van der Waals surface area contributed by atoms with E-state index in [0.29, 0.717) is 16.5 Å². The summed E-state index contributed by atoms with van der Waals surface area (Å²) in [5.41, 5.74) is 3.53. The Balaban J connectivity index is 0.000000196. The Morgan fingerprint density at radius 1 is 1.03 bits per heavy atom. The zero-order chi connectivity index (χ0) is 24.7. The molecule has 4 rings (SSSR count). The molecule has 0 fully saturated rings. The number of nitrogens with zero attached hydrogens (tertiary/aromatic N) is 3. The van der Waals surface area contributed by atoms with Crippen molar-refractivity contribution < 1.29 is 9.15 Å². The molecule has 0 N–H and O–H groups in total. The number of likely N-dealkylation sites (N-methyl/N-ethyl adjacent to an activating group) is 1. The van der Waals surface area contributed by atoms with Crippen LogP contribution in [0, 0.1) is 22.7 Å². The maximum Gasteiger partial charge on any atom is 0.337 e. The lowest BCUT2D eigenvalue weighted by molar-refractivity contribution is 0.290. The minimum atomic E-state index is -0.566. The Kier molecular flexibility index (Phi) is 7.48. The lowest BCUT2D eigenvalue weighted by Gasteiger charge is -2.23. The summed E-state index contributed by atoms with van der Waals surface area (Å²) < 4.78 is 10.7. The van der Waals surface area contributed by atoms with Crippen LogP contribution in [0.15, 0.2) is 105 Å². The third-order valence-electron chi connectivity index (χ3n) is 4.81. The van der Waals surface area contributed by atoms with Crippen LogP contribution in [0.25, 0.3) is 17.0 Å². The SMILES string of the molecule is C=C1C=C(C)OC(C(=Cc2ccccc2)N(C)C)=C1.N#Cc1ccc2oc(=O)cc(C#N)c2c1. The highest BCUT2D eigenvalue weighted by Gasteiger charge is 2.14. The molecule has 168 valence electrons. The Morgan fingerprint density at radius 3 is 2.38 bits per heavy atom. The van der Waals surface area contributed by atoms with Crippen LogP contribution >= 0.6 is 0 Å². The van der Waals surface area contributed by atoms with Crippen molar-refractivity contribution in [1.29, 1.82) is 10.5 Å². The fourth-order valence-electron chi connectivity index (χ4n) is 3.28. The molecule has 0 amide bonds. The molecule has 1 aromatic heterocycles. The predicted molar refractivity (Wildman–Crippen MR) is 132 cm³/mol. The smallest absolute Gasteiger partial charge is 0.337 e. The number of rotatable bonds is 3. The van der Waals surface area contributed by atoms with Crippen LogP contribution in [0.2, 0.25) is 0 Å². The van der Waals surface area contributed by atoms with Gasteiger partial charge >= 0.3 is 5.63 Å². The predicted octanol–water partition coefficient (Wildman–Crippen LogP) is 5.50. The zero-order valence-corrected chi connectivity index (χ0v) is 19.2. The van der Waals surface area contributed by atoms with Crippen LogP contribution in [0.3, 0.4) is 0 Å². The minimum Gasteiger partial charge on any atom is -0.460 e. The normalized spacial score (nSPS) is 12.9. The molecule has 0 spiro atoms. The summed E-state index contributed by atoms with van der Waals surface area (Å²) in [4.78, 5) is 13.1. The van der Waals surface area contributed by atoms with Gasteiger partial charge < -0.3 is 14.1 Å². The number of ether oxygens (including phenoxy) is 1. The van der Waals surface area contributed by atoms with Gasteiger partial charge in [0.1, 0.15) is 17.4 Å². The Bertz CT molecular complexity index is 1460. The molecular weight excluding hydrogens is 426 g/mol. The largest absolute Gasteiger partial charge is 0.460 e. The maximum atomic E-state index is 11.0. The van der Waals surface area contributed by atoms with Gasteiger partial charge in [-0.05, 0) is 54.5 Å². The average Bonchev–Trinajstić information content (AvgIpc) is 2.82. The van der Waals surface area contributed by atoms with Crippen molar-refractivity contribution in [1.82, 2.24) is 4.90 Å². The van der Waals surface area contributed by atoms with Gasteiger partial charge in [-0.25, -0.2) is 4.79 Å². The second kappa shape index (κ2) is 10.7. The maximum absolute atomic E-state index is 11.0. The number of benzene rings is 2. The topological polar surface area (TPSA) is 90.3 Å². The summed E-state index contributed by atoms with van der Waals surface area (Å²) in [7, 11) is 4.02. The van der Waals surface area contributed by atoms with E-state index in [-0.39, 0.29) is 5.56 Å². The van der Waals surface area contributed by atoms with Gasteiger partial charge in [-0.15, -0.1) is 0 Å². The van der Waals surface area contributed by atoms with E-state index < -0.39 is 5.63 Å². The lowest BCUT2D eigenvalue weighted by atomic mass is 10.1. The van der Waals surface area contributed by atoms with Crippen LogP contribution in [-0.4, -0.2) is 19.0 Å². The van der Waals surface area contributed by atoms with Gasteiger partial charge in [-0.2, -0.15) is 10.5 Å². The number of hydrogen-bond donors (Lipinski definition) is 0. The number of nitriles is 2.